The molecule has 1 spiro atoms. The Bertz CT molecular complexity index is 1060. The van der Waals surface area contributed by atoms with Gasteiger partial charge in [0.2, 0.25) is 0 Å². The summed E-state index contributed by atoms with van der Waals surface area (Å²) in [6.07, 6.45) is 6.75. The molecule has 1 aliphatic carbocycles. The van der Waals surface area contributed by atoms with Gasteiger partial charge in [0.1, 0.15) is 12.2 Å². The van der Waals surface area contributed by atoms with E-state index in [1.807, 2.05) is 30.9 Å². The number of carbonyl (C=O) groups is 1. The van der Waals surface area contributed by atoms with Crippen LogP contribution in [0.1, 0.15) is 62.3 Å². The molecular weight excluding hydrogens is 412 g/mol. The highest BCUT2D eigenvalue weighted by molar-refractivity contribution is 5.68. The van der Waals surface area contributed by atoms with Crippen LogP contribution in [0.4, 0.5) is 4.79 Å². The summed E-state index contributed by atoms with van der Waals surface area (Å²) in [5.41, 5.74) is 5.87. The van der Waals surface area contributed by atoms with E-state index in [1.54, 1.807) is 6.20 Å². The fraction of sp³-hybridized carbons (Fsp3) is 0.519. The zero-order chi connectivity index (χ0) is 23.0. The summed E-state index contributed by atoms with van der Waals surface area (Å²) in [4.78, 5) is 21.3. The molecular formula is C27H32N4O2. The molecule has 6 nitrogen and oxygen atoms in total. The molecule has 3 aliphatic rings. The molecule has 1 aromatic heterocycles. The number of aryl methyl sites for hydroxylation is 1. The summed E-state index contributed by atoms with van der Waals surface area (Å²) in [6.45, 7) is 7.87. The van der Waals surface area contributed by atoms with Gasteiger partial charge in [0, 0.05) is 44.0 Å². The van der Waals surface area contributed by atoms with Gasteiger partial charge in [-0.15, -0.1) is 0 Å². The normalized spacial score (nSPS) is 22.3. The molecule has 172 valence electrons. The molecule has 1 amide bonds. The van der Waals surface area contributed by atoms with Crippen LogP contribution in [0.25, 0.3) is 11.3 Å². The van der Waals surface area contributed by atoms with Crippen LogP contribution in [0.2, 0.25) is 0 Å². The van der Waals surface area contributed by atoms with E-state index in [4.69, 9.17) is 10.00 Å². The Morgan fingerprint density at radius 3 is 2.73 bits per heavy atom. The number of likely N-dealkylation sites (tertiary alicyclic amines) is 2. The highest BCUT2D eigenvalue weighted by atomic mass is 16.6. The molecule has 0 saturated carbocycles. The van der Waals surface area contributed by atoms with Crippen molar-refractivity contribution in [3.05, 3.63) is 53.2 Å². The maximum Gasteiger partial charge on any atom is 0.410 e. The maximum absolute atomic E-state index is 12.3. The second-order valence-corrected chi connectivity index (χ2v) is 10.0. The van der Waals surface area contributed by atoms with E-state index in [2.05, 4.69) is 34.2 Å². The van der Waals surface area contributed by atoms with Crippen LogP contribution < -0.4 is 0 Å². The minimum Gasteiger partial charge on any atom is -0.446 e. The average Bonchev–Trinajstić information content (AvgIpc) is 3.25. The number of nitriles is 1. The topological polar surface area (TPSA) is 69.5 Å². The van der Waals surface area contributed by atoms with Crippen molar-refractivity contribution < 1.29 is 9.53 Å². The van der Waals surface area contributed by atoms with E-state index in [9.17, 15) is 4.79 Å². The van der Waals surface area contributed by atoms with Gasteiger partial charge in [-0.3, -0.25) is 9.88 Å². The lowest BCUT2D eigenvalue weighted by Crippen LogP contribution is -2.61. The van der Waals surface area contributed by atoms with E-state index < -0.39 is 0 Å². The third kappa shape index (κ3) is 4.22. The molecule has 2 saturated heterocycles. The summed E-state index contributed by atoms with van der Waals surface area (Å²) in [7, 11) is 0. The minimum absolute atomic E-state index is 0.0109. The first-order chi connectivity index (χ1) is 16.0. The zero-order valence-corrected chi connectivity index (χ0v) is 19.6. The van der Waals surface area contributed by atoms with Gasteiger partial charge in [0.25, 0.3) is 0 Å². The molecule has 0 radical (unpaired) electrons. The Kier molecular flexibility index (Phi) is 5.84. The molecule has 1 unspecified atom stereocenters. The Morgan fingerprint density at radius 1 is 1.27 bits per heavy atom. The molecule has 3 heterocycles. The number of hydrogen-bond donors (Lipinski definition) is 0. The quantitative estimate of drug-likeness (QED) is 0.668. The van der Waals surface area contributed by atoms with E-state index in [1.165, 1.54) is 17.5 Å². The Hall–Kier alpha value is -2.91. The second-order valence-electron chi connectivity index (χ2n) is 10.0. The molecule has 6 heteroatoms. The van der Waals surface area contributed by atoms with Crippen molar-refractivity contribution in [2.24, 2.45) is 5.41 Å². The third-order valence-electron chi connectivity index (χ3n) is 7.85. The SMILES string of the molecule is CCC(C)OC(=O)N1CCC2(CC1)CN([C@@H]1CCc3cc(-c4ccc(C#N)cn4)ccc31)C2. The van der Waals surface area contributed by atoms with Gasteiger partial charge >= 0.3 is 6.09 Å². The van der Waals surface area contributed by atoms with Gasteiger partial charge in [0.15, 0.2) is 0 Å². The smallest absolute Gasteiger partial charge is 0.410 e. The number of pyridine rings is 1. The van der Waals surface area contributed by atoms with E-state index in [-0.39, 0.29) is 12.2 Å². The van der Waals surface area contributed by atoms with Crippen LogP contribution in [-0.2, 0) is 11.2 Å². The van der Waals surface area contributed by atoms with Gasteiger partial charge in [-0.25, -0.2) is 4.79 Å². The van der Waals surface area contributed by atoms with Crippen LogP contribution in [0, 0.1) is 16.7 Å². The van der Waals surface area contributed by atoms with E-state index in [0.29, 0.717) is 17.0 Å². The molecule has 33 heavy (non-hydrogen) atoms. The van der Waals surface area contributed by atoms with Gasteiger partial charge in [-0.2, -0.15) is 5.26 Å². The maximum atomic E-state index is 12.3. The van der Waals surface area contributed by atoms with Crippen molar-refractivity contribution in [3.8, 4) is 17.3 Å². The van der Waals surface area contributed by atoms with Crippen LogP contribution in [0.3, 0.4) is 0 Å². The highest BCUT2D eigenvalue weighted by Crippen LogP contribution is 2.48. The van der Waals surface area contributed by atoms with E-state index >= 15 is 0 Å². The summed E-state index contributed by atoms with van der Waals surface area (Å²) in [6, 6.07) is 13.1. The predicted molar refractivity (Wildman–Crippen MR) is 126 cm³/mol. The monoisotopic (exact) mass is 444 g/mol. The van der Waals surface area contributed by atoms with Crippen LogP contribution in [0.15, 0.2) is 36.5 Å². The Labute approximate surface area is 196 Å². The van der Waals surface area contributed by atoms with Crippen molar-refractivity contribution in [1.82, 2.24) is 14.8 Å². The van der Waals surface area contributed by atoms with Crippen LogP contribution >= 0.6 is 0 Å². The van der Waals surface area contributed by atoms with Gasteiger partial charge in [-0.1, -0.05) is 19.1 Å². The molecule has 5 rings (SSSR count). The molecule has 2 atom stereocenters. The van der Waals surface area contributed by atoms with Gasteiger partial charge in [-0.05, 0) is 73.8 Å². The largest absolute Gasteiger partial charge is 0.446 e. The number of fused-ring (bicyclic) bond motifs is 1. The second kappa shape index (κ2) is 8.79. The number of hydrogen-bond acceptors (Lipinski definition) is 5. The summed E-state index contributed by atoms with van der Waals surface area (Å²) >= 11 is 0. The summed E-state index contributed by atoms with van der Waals surface area (Å²) < 4.78 is 5.51. The molecule has 2 aromatic rings. The highest BCUT2D eigenvalue weighted by Gasteiger charge is 2.48. The Morgan fingerprint density at radius 2 is 2.06 bits per heavy atom. The van der Waals surface area contributed by atoms with Crippen LogP contribution in [0.5, 0.6) is 0 Å². The number of nitrogens with zero attached hydrogens (tertiary/aromatic N) is 4. The van der Waals surface area contributed by atoms with E-state index in [0.717, 1.165) is 63.1 Å². The van der Waals surface area contributed by atoms with Crippen molar-refractivity contribution in [2.45, 2.75) is 58.1 Å². The fourth-order valence-electron chi connectivity index (χ4n) is 5.61. The number of rotatable bonds is 4. The first-order valence-electron chi connectivity index (χ1n) is 12.2. The molecule has 0 N–H and O–H groups in total. The van der Waals surface area contributed by atoms with Crippen LogP contribution in [-0.4, -0.2) is 53.2 Å². The van der Waals surface area contributed by atoms with Crippen molar-refractivity contribution in [1.29, 1.82) is 5.26 Å². The average molecular weight is 445 g/mol. The third-order valence-corrected chi connectivity index (χ3v) is 7.85. The summed E-state index contributed by atoms with van der Waals surface area (Å²) in [5, 5.41) is 8.99. The number of benzene rings is 1. The minimum atomic E-state index is -0.146. The molecule has 0 bridgehead atoms. The fourth-order valence-corrected chi connectivity index (χ4v) is 5.61. The zero-order valence-electron chi connectivity index (χ0n) is 19.6. The first kappa shape index (κ1) is 21.9. The lowest BCUT2D eigenvalue weighted by atomic mass is 9.71. The molecule has 1 aromatic carbocycles. The number of piperidine rings is 1. The molecule has 2 aliphatic heterocycles. The Balaban J connectivity index is 1.18. The number of carbonyl (C=O) groups excluding carboxylic acids is 1. The predicted octanol–water partition coefficient (Wildman–Crippen LogP) is 4.94. The lowest BCUT2D eigenvalue weighted by Gasteiger charge is -2.56. The number of amides is 1. The van der Waals surface area contributed by atoms with Crippen molar-refractivity contribution in [2.75, 3.05) is 26.2 Å². The molecule has 2 fully saturated rings. The lowest BCUT2D eigenvalue weighted by molar-refractivity contribution is -0.0691. The van der Waals surface area contributed by atoms with Crippen molar-refractivity contribution >= 4 is 6.09 Å². The summed E-state index contributed by atoms with van der Waals surface area (Å²) in [5.74, 6) is 0. The van der Waals surface area contributed by atoms with Gasteiger partial charge in [0.05, 0.1) is 11.3 Å². The number of ether oxygens (including phenoxy) is 1. The number of aromatic nitrogens is 1. The van der Waals surface area contributed by atoms with Crippen molar-refractivity contribution in [3.63, 3.8) is 0 Å². The standard InChI is InChI=1S/C27H32N4O2/c1-3-19(2)33-26(32)30-12-10-27(11-13-30)17-31(18-27)25-9-6-21-14-22(5-7-23(21)25)24-8-4-20(15-28)16-29-24/h4-5,7-8,14,16,19,25H,3,6,9-13,17-18H2,1-2H3/t19?,25-/m1/s1. The first-order valence-corrected chi connectivity index (χ1v) is 12.2. The van der Waals surface area contributed by atoms with Gasteiger partial charge < -0.3 is 9.64 Å².